The molecule has 2 aromatic carbocycles. The lowest BCUT2D eigenvalue weighted by Crippen LogP contribution is -2.39. The van der Waals surface area contributed by atoms with Crippen LogP contribution in [0, 0.1) is 13.8 Å². The predicted molar refractivity (Wildman–Crippen MR) is 116 cm³/mol. The minimum Gasteiger partial charge on any atom is -0.325 e. The monoisotopic (exact) mass is 421 g/mol. The van der Waals surface area contributed by atoms with E-state index in [2.05, 4.69) is 10.6 Å². The first-order chi connectivity index (χ1) is 13.3. The minimum absolute atomic E-state index is 0.0903. The average molecular weight is 422 g/mol. The molecule has 0 aromatic heterocycles. The van der Waals surface area contributed by atoms with E-state index in [1.807, 2.05) is 39.0 Å². The zero-order chi connectivity index (χ0) is 20.7. The number of anilines is 2. The van der Waals surface area contributed by atoms with Crippen LogP contribution in [0.25, 0.3) is 0 Å². The van der Waals surface area contributed by atoms with Gasteiger partial charge in [0.15, 0.2) is 0 Å². The normalized spacial score (nSPS) is 10.8. The second kappa shape index (κ2) is 10.5. The quantitative estimate of drug-likeness (QED) is 0.636. The van der Waals surface area contributed by atoms with E-state index in [-0.39, 0.29) is 24.9 Å². The molecule has 0 unspecified atom stereocenters. The van der Waals surface area contributed by atoms with Crippen molar-refractivity contribution in [2.24, 2.45) is 0 Å². The Hall–Kier alpha value is -2.08. The Morgan fingerprint density at radius 1 is 0.929 bits per heavy atom. The van der Waals surface area contributed by atoms with Gasteiger partial charge in [-0.05, 0) is 62.2 Å². The van der Waals surface area contributed by atoms with Crippen LogP contribution in [0.5, 0.6) is 0 Å². The highest BCUT2D eigenvalue weighted by Gasteiger charge is 2.16. The minimum atomic E-state index is -0.239. The Morgan fingerprint density at radius 3 is 2.18 bits per heavy atom. The average Bonchev–Trinajstić information content (AvgIpc) is 2.60. The van der Waals surface area contributed by atoms with Gasteiger partial charge in [0.25, 0.3) is 0 Å². The lowest BCUT2D eigenvalue weighted by molar-refractivity contribution is -0.120. The molecule has 150 valence electrons. The highest BCUT2D eigenvalue weighted by molar-refractivity contribution is 6.36. The molecular weight excluding hydrogens is 397 g/mol. The van der Waals surface area contributed by atoms with Gasteiger partial charge in [-0.25, -0.2) is 0 Å². The molecule has 7 heteroatoms. The molecule has 2 rings (SSSR count). The summed E-state index contributed by atoms with van der Waals surface area (Å²) < 4.78 is 0. The number of aryl methyl sites for hydroxylation is 2. The van der Waals surface area contributed by atoms with Crippen LogP contribution in [-0.4, -0.2) is 36.3 Å². The van der Waals surface area contributed by atoms with Gasteiger partial charge in [-0.2, -0.15) is 0 Å². The largest absolute Gasteiger partial charge is 0.325 e. The Labute approximate surface area is 176 Å². The van der Waals surface area contributed by atoms with Crippen molar-refractivity contribution in [3.05, 3.63) is 57.6 Å². The Kier molecular flexibility index (Phi) is 8.30. The molecule has 0 fully saturated rings. The maximum absolute atomic E-state index is 12.5. The fraction of sp³-hybridized carbons (Fsp3) is 0.333. The van der Waals surface area contributed by atoms with Crippen molar-refractivity contribution in [3.63, 3.8) is 0 Å². The molecule has 0 saturated heterocycles. The Bertz CT molecular complexity index is 856. The van der Waals surface area contributed by atoms with Gasteiger partial charge < -0.3 is 10.6 Å². The summed E-state index contributed by atoms with van der Waals surface area (Å²) in [6.07, 6.45) is 0.825. The summed E-state index contributed by atoms with van der Waals surface area (Å²) in [7, 11) is 0. The lowest BCUT2D eigenvalue weighted by atomic mass is 10.1. The van der Waals surface area contributed by atoms with Gasteiger partial charge in [0, 0.05) is 10.7 Å². The highest BCUT2D eigenvalue weighted by Crippen LogP contribution is 2.25. The molecular formula is C21H25Cl2N3O2. The SMILES string of the molecule is CCCN(CC(=O)Nc1cc(C)ccc1C)CC(=O)Nc1ccc(Cl)cc1Cl. The van der Waals surface area contributed by atoms with Gasteiger partial charge >= 0.3 is 0 Å². The summed E-state index contributed by atoms with van der Waals surface area (Å²) in [5.74, 6) is -0.392. The maximum atomic E-state index is 12.5. The van der Waals surface area contributed by atoms with Gasteiger partial charge in [-0.1, -0.05) is 42.3 Å². The van der Waals surface area contributed by atoms with Crippen molar-refractivity contribution in [1.29, 1.82) is 0 Å². The van der Waals surface area contributed by atoms with Crippen molar-refractivity contribution >= 4 is 46.4 Å². The van der Waals surface area contributed by atoms with Gasteiger partial charge in [0.05, 0.1) is 23.8 Å². The summed E-state index contributed by atoms with van der Waals surface area (Å²) >= 11 is 12.0. The molecule has 0 atom stereocenters. The number of carbonyl (C=O) groups excluding carboxylic acids is 2. The first-order valence-electron chi connectivity index (χ1n) is 9.13. The van der Waals surface area contributed by atoms with E-state index in [1.165, 1.54) is 0 Å². The third-order valence-electron chi connectivity index (χ3n) is 4.15. The Balaban J connectivity index is 1.97. The van der Waals surface area contributed by atoms with Gasteiger partial charge in [-0.15, -0.1) is 0 Å². The molecule has 2 N–H and O–H groups in total. The number of carbonyl (C=O) groups is 2. The zero-order valence-corrected chi connectivity index (χ0v) is 17.8. The van der Waals surface area contributed by atoms with E-state index in [1.54, 1.807) is 23.1 Å². The molecule has 0 radical (unpaired) electrons. The van der Waals surface area contributed by atoms with Crippen LogP contribution in [0.1, 0.15) is 24.5 Å². The summed E-state index contributed by atoms with van der Waals surface area (Å²) in [6, 6.07) is 10.8. The van der Waals surface area contributed by atoms with Crippen LogP contribution in [-0.2, 0) is 9.59 Å². The molecule has 0 bridgehead atoms. The van der Waals surface area contributed by atoms with Crippen LogP contribution in [0.2, 0.25) is 10.0 Å². The van der Waals surface area contributed by atoms with E-state index in [9.17, 15) is 9.59 Å². The van der Waals surface area contributed by atoms with Crippen molar-refractivity contribution in [2.75, 3.05) is 30.3 Å². The molecule has 0 saturated carbocycles. The topological polar surface area (TPSA) is 61.4 Å². The summed E-state index contributed by atoms with van der Waals surface area (Å²) in [5.41, 5.74) is 3.35. The highest BCUT2D eigenvalue weighted by atomic mass is 35.5. The second-order valence-electron chi connectivity index (χ2n) is 6.75. The van der Waals surface area contributed by atoms with Crippen molar-refractivity contribution < 1.29 is 9.59 Å². The standard InChI is InChI=1S/C21H25Cl2N3O2/c1-4-9-26(12-20(27)24-18-8-7-16(22)11-17(18)23)13-21(28)25-19-10-14(2)5-6-15(19)3/h5-8,10-11H,4,9,12-13H2,1-3H3,(H,24,27)(H,25,28). The molecule has 28 heavy (non-hydrogen) atoms. The van der Waals surface area contributed by atoms with Crippen LogP contribution >= 0.6 is 23.2 Å². The summed E-state index contributed by atoms with van der Waals surface area (Å²) in [6.45, 7) is 6.77. The maximum Gasteiger partial charge on any atom is 0.238 e. The third kappa shape index (κ3) is 6.82. The fourth-order valence-electron chi connectivity index (χ4n) is 2.78. The molecule has 0 aliphatic carbocycles. The number of halogens is 2. The van der Waals surface area contributed by atoms with E-state index >= 15 is 0 Å². The van der Waals surface area contributed by atoms with Crippen LogP contribution in [0.3, 0.4) is 0 Å². The zero-order valence-electron chi connectivity index (χ0n) is 16.3. The van der Waals surface area contributed by atoms with Crippen LogP contribution in [0.15, 0.2) is 36.4 Å². The van der Waals surface area contributed by atoms with Gasteiger partial charge in [0.1, 0.15) is 0 Å². The van der Waals surface area contributed by atoms with Gasteiger partial charge in [0.2, 0.25) is 11.8 Å². The number of benzene rings is 2. The van der Waals surface area contributed by atoms with Crippen molar-refractivity contribution in [3.8, 4) is 0 Å². The molecule has 0 heterocycles. The Morgan fingerprint density at radius 2 is 1.57 bits per heavy atom. The van der Waals surface area contributed by atoms with Crippen molar-refractivity contribution in [2.45, 2.75) is 27.2 Å². The number of rotatable bonds is 8. The smallest absolute Gasteiger partial charge is 0.238 e. The first kappa shape index (κ1) is 22.2. The van der Waals surface area contributed by atoms with Crippen LogP contribution < -0.4 is 10.6 Å². The van der Waals surface area contributed by atoms with E-state index in [0.29, 0.717) is 22.3 Å². The second-order valence-corrected chi connectivity index (χ2v) is 7.59. The lowest BCUT2D eigenvalue weighted by Gasteiger charge is -2.21. The van der Waals surface area contributed by atoms with Gasteiger partial charge in [-0.3, -0.25) is 14.5 Å². The van der Waals surface area contributed by atoms with E-state index in [0.717, 1.165) is 23.2 Å². The summed E-state index contributed by atoms with van der Waals surface area (Å²) in [5, 5.41) is 6.56. The van der Waals surface area contributed by atoms with Crippen LogP contribution in [0.4, 0.5) is 11.4 Å². The number of nitrogens with one attached hydrogen (secondary N) is 2. The third-order valence-corrected chi connectivity index (χ3v) is 4.69. The van der Waals surface area contributed by atoms with E-state index in [4.69, 9.17) is 23.2 Å². The summed E-state index contributed by atoms with van der Waals surface area (Å²) in [4.78, 5) is 26.7. The number of amides is 2. The molecule has 2 amide bonds. The van der Waals surface area contributed by atoms with Crippen molar-refractivity contribution in [1.82, 2.24) is 4.90 Å². The number of nitrogens with zero attached hydrogens (tertiary/aromatic N) is 1. The fourth-order valence-corrected chi connectivity index (χ4v) is 3.23. The predicted octanol–water partition coefficient (Wildman–Crippen LogP) is 4.90. The molecule has 0 aliphatic rings. The molecule has 0 aliphatic heterocycles. The molecule has 0 spiro atoms. The molecule has 5 nitrogen and oxygen atoms in total. The number of hydrogen-bond donors (Lipinski definition) is 2. The number of hydrogen-bond acceptors (Lipinski definition) is 3. The molecule has 2 aromatic rings. The van der Waals surface area contributed by atoms with E-state index < -0.39 is 0 Å². The first-order valence-corrected chi connectivity index (χ1v) is 9.88.